The Kier molecular flexibility index (Phi) is 6.81. The maximum atomic E-state index is 12.0. The highest BCUT2D eigenvalue weighted by Gasteiger charge is 2.32. The van der Waals surface area contributed by atoms with Crippen LogP contribution < -0.4 is 5.32 Å². The summed E-state index contributed by atoms with van der Waals surface area (Å²) >= 11 is 0. The van der Waals surface area contributed by atoms with Crippen molar-refractivity contribution in [1.82, 2.24) is 9.62 Å². The fraction of sp³-hybridized carbons (Fsp3) is 1.00. The quantitative estimate of drug-likeness (QED) is 0.769. The molecule has 0 bridgehead atoms. The van der Waals surface area contributed by atoms with Gasteiger partial charge in [0.05, 0.1) is 11.9 Å². The Morgan fingerprint density at radius 1 is 1.56 bits per heavy atom. The first-order valence-electron chi connectivity index (χ1n) is 5.16. The number of sulfonamides is 1. The second-order valence-electron chi connectivity index (χ2n) is 3.97. The van der Waals surface area contributed by atoms with Crippen molar-refractivity contribution in [3.63, 3.8) is 0 Å². The first-order valence-corrected chi connectivity index (χ1v) is 6.67. The van der Waals surface area contributed by atoms with Crippen LogP contribution >= 0.6 is 12.4 Å². The van der Waals surface area contributed by atoms with Crippen molar-refractivity contribution in [2.45, 2.75) is 24.6 Å². The van der Waals surface area contributed by atoms with Crippen LogP contribution in [-0.4, -0.2) is 57.9 Å². The van der Waals surface area contributed by atoms with Crippen molar-refractivity contribution in [2.24, 2.45) is 0 Å². The molecule has 0 aromatic carbocycles. The van der Waals surface area contributed by atoms with E-state index in [9.17, 15) is 8.42 Å². The molecule has 98 valence electrons. The predicted octanol–water partition coefficient (Wildman–Crippen LogP) is 0.0666. The third-order valence-electron chi connectivity index (χ3n) is 2.86. The average molecular weight is 273 g/mol. The van der Waals surface area contributed by atoms with Crippen molar-refractivity contribution < 1.29 is 13.2 Å². The molecule has 0 spiro atoms. The van der Waals surface area contributed by atoms with Gasteiger partial charge in [0.1, 0.15) is 0 Å². The van der Waals surface area contributed by atoms with Gasteiger partial charge in [-0.05, 0) is 19.9 Å². The second-order valence-corrected chi connectivity index (χ2v) is 6.38. The van der Waals surface area contributed by atoms with E-state index in [-0.39, 0.29) is 25.1 Å². The maximum absolute atomic E-state index is 12.0. The zero-order valence-electron chi connectivity index (χ0n) is 9.97. The minimum absolute atomic E-state index is 0. The van der Waals surface area contributed by atoms with Gasteiger partial charge < -0.3 is 10.1 Å². The molecule has 0 saturated carbocycles. The van der Waals surface area contributed by atoms with E-state index in [0.717, 1.165) is 19.5 Å². The molecule has 0 aliphatic carbocycles. The van der Waals surface area contributed by atoms with Crippen LogP contribution in [-0.2, 0) is 14.8 Å². The molecule has 2 atom stereocenters. The lowest BCUT2D eigenvalue weighted by molar-refractivity contribution is 0.197. The number of halogens is 1. The maximum Gasteiger partial charge on any atom is 0.219 e. The third-order valence-corrected chi connectivity index (χ3v) is 5.11. The fourth-order valence-electron chi connectivity index (χ4n) is 1.76. The van der Waals surface area contributed by atoms with Gasteiger partial charge in [-0.15, -0.1) is 12.4 Å². The summed E-state index contributed by atoms with van der Waals surface area (Å²) in [4.78, 5) is 0. The first-order chi connectivity index (χ1) is 7.00. The second kappa shape index (κ2) is 6.76. The lowest BCUT2D eigenvalue weighted by Gasteiger charge is -2.26. The van der Waals surface area contributed by atoms with Crippen molar-refractivity contribution in [3.8, 4) is 0 Å². The highest BCUT2D eigenvalue weighted by molar-refractivity contribution is 7.89. The highest BCUT2D eigenvalue weighted by Crippen LogP contribution is 2.15. The zero-order chi connectivity index (χ0) is 11.5. The zero-order valence-corrected chi connectivity index (χ0v) is 11.6. The van der Waals surface area contributed by atoms with Crippen LogP contribution in [0.4, 0.5) is 0 Å². The summed E-state index contributed by atoms with van der Waals surface area (Å²) in [5.74, 6) is 0. The molecule has 16 heavy (non-hydrogen) atoms. The molecule has 1 saturated heterocycles. The molecule has 0 aromatic rings. The third kappa shape index (κ3) is 3.56. The number of ether oxygens (including phenoxy) is 1. The van der Waals surface area contributed by atoms with E-state index in [1.54, 1.807) is 14.0 Å². The molecule has 1 aliphatic heterocycles. The van der Waals surface area contributed by atoms with Gasteiger partial charge in [0.15, 0.2) is 0 Å². The largest absolute Gasteiger partial charge is 0.383 e. The molecule has 1 N–H and O–H groups in total. The predicted molar refractivity (Wildman–Crippen MR) is 66.5 cm³/mol. The van der Waals surface area contributed by atoms with E-state index in [0.29, 0.717) is 0 Å². The molecule has 5 nitrogen and oxygen atoms in total. The van der Waals surface area contributed by atoms with Gasteiger partial charge in [0.2, 0.25) is 10.0 Å². The van der Waals surface area contributed by atoms with Crippen molar-refractivity contribution in [1.29, 1.82) is 0 Å². The summed E-state index contributed by atoms with van der Waals surface area (Å²) in [6.45, 7) is 3.56. The first kappa shape index (κ1) is 16.1. The lowest BCUT2D eigenvalue weighted by atomic mass is 10.3. The van der Waals surface area contributed by atoms with E-state index < -0.39 is 15.3 Å². The van der Waals surface area contributed by atoms with Crippen LogP contribution in [0.3, 0.4) is 0 Å². The Bertz CT molecular complexity index is 291. The normalized spacial score (nSPS) is 23.1. The van der Waals surface area contributed by atoms with E-state index in [4.69, 9.17) is 4.74 Å². The van der Waals surface area contributed by atoms with Crippen molar-refractivity contribution >= 4 is 22.4 Å². The Labute approximate surface area is 104 Å². The number of nitrogens with one attached hydrogen (secondary N) is 1. The Morgan fingerprint density at radius 2 is 2.19 bits per heavy atom. The van der Waals surface area contributed by atoms with Gasteiger partial charge >= 0.3 is 0 Å². The molecule has 0 aromatic heterocycles. The Balaban J connectivity index is 0.00000225. The summed E-state index contributed by atoms with van der Waals surface area (Å²) in [7, 11) is -0.0473. The number of nitrogens with zero attached hydrogens (tertiary/aromatic N) is 1. The fourth-order valence-corrected chi connectivity index (χ4v) is 3.23. The van der Waals surface area contributed by atoms with Gasteiger partial charge in [0.25, 0.3) is 0 Å². The summed E-state index contributed by atoms with van der Waals surface area (Å²) in [5.41, 5.74) is 0. The molecular formula is C9H21ClN2O3S. The molecule has 1 fully saturated rings. The number of methoxy groups -OCH3 is 1. The van der Waals surface area contributed by atoms with Crippen LogP contribution in [0.15, 0.2) is 0 Å². The van der Waals surface area contributed by atoms with Gasteiger partial charge in [-0.25, -0.2) is 12.7 Å². The molecule has 1 aliphatic rings. The molecular weight excluding hydrogens is 252 g/mol. The standard InChI is InChI=1S/C9H20N2O3S.ClH/c1-8(7-14-3)15(12,13)11(2)9-4-5-10-6-9;/h8-10H,4-7H2,1-3H3;1H. The van der Waals surface area contributed by atoms with Crippen molar-refractivity contribution in [2.75, 3.05) is 33.9 Å². The number of hydrogen-bond acceptors (Lipinski definition) is 4. The van der Waals surface area contributed by atoms with Gasteiger partial charge in [-0.3, -0.25) is 0 Å². The summed E-state index contributed by atoms with van der Waals surface area (Å²) in [6, 6.07) is 0.0920. The molecule has 0 amide bonds. The highest BCUT2D eigenvalue weighted by atomic mass is 35.5. The number of hydrogen-bond donors (Lipinski definition) is 1. The Morgan fingerprint density at radius 3 is 2.62 bits per heavy atom. The van der Waals surface area contributed by atoms with E-state index in [1.165, 1.54) is 11.4 Å². The minimum atomic E-state index is -3.22. The number of likely N-dealkylation sites (N-methyl/N-ethyl adjacent to an activating group) is 1. The summed E-state index contributed by atoms with van der Waals surface area (Å²) in [5, 5.41) is 2.68. The molecule has 2 unspecified atom stereocenters. The van der Waals surface area contributed by atoms with Crippen LogP contribution in [0.25, 0.3) is 0 Å². The van der Waals surface area contributed by atoms with Crippen LogP contribution in [0, 0.1) is 0 Å². The smallest absolute Gasteiger partial charge is 0.219 e. The molecule has 7 heteroatoms. The van der Waals surface area contributed by atoms with E-state index in [2.05, 4.69) is 5.32 Å². The number of rotatable bonds is 5. The topological polar surface area (TPSA) is 58.6 Å². The van der Waals surface area contributed by atoms with Crippen molar-refractivity contribution in [3.05, 3.63) is 0 Å². The summed E-state index contributed by atoms with van der Waals surface area (Å²) < 4.78 is 30.4. The monoisotopic (exact) mass is 272 g/mol. The van der Waals surface area contributed by atoms with Gasteiger partial charge in [-0.1, -0.05) is 0 Å². The Hall–Kier alpha value is 0.120. The van der Waals surface area contributed by atoms with Crippen LogP contribution in [0.5, 0.6) is 0 Å². The average Bonchev–Trinajstić information content (AvgIpc) is 2.69. The van der Waals surface area contributed by atoms with Gasteiger partial charge in [-0.2, -0.15) is 0 Å². The lowest BCUT2D eigenvalue weighted by Crippen LogP contribution is -2.43. The summed E-state index contributed by atoms with van der Waals surface area (Å²) in [6.07, 6.45) is 0.884. The molecule has 0 radical (unpaired) electrons. The van der Waals surface area contributed by atoms with Crippen LogP contribution in [0.2, 0.25) is 0 Å². The SMILES string of the molecule is COCC(C)S(=O)(=O)N(C)C1CCNC1.Cl. The molecule has 1 rings (SSSR count). The van der Waals surface area contributed by atoms with E-state index >= 15 is 0 Å². The molecule has 1 heterocycles. The van der Waals surface area contributed by atoms with Gasteiger partial charge in [0, 0.05) is 26.7 Å². The van der Waals surface area contributed by atoms with Crippen LogP contribution in [0.1, 0.15) is 13.3 Å². The van der Waals surface area contributed by atoms with E-state index in [1.807, 2.05) is 0 Å². The minimum Gasteiger partial charge on any atom is -0.383 e.